The molecule has 3 heterocycles. The van der Waals surface area contributed by atoms with Gasteiger partial charge in [-0.3, -0.25) is 14.9 Å². The highest BCUT2D eigenvalue weighted by Gasteiger charge is 2.44. The number of likely N-dealkylation sites (N-methyl/N-ethyl adjacent to an activating group) is 1. The molecule has 49 heavy (non-hydrogen) atoms. The van der Waals surface area contributed by atoms with E-state index in [2.05, 4.69) is 21.5 Å². The lowest BCUT2D eigenvalue weighted by molar-refractivity contribution is -0.728. The predicted molar refractivity (Wildman–Crippen MR) is 164 cm³/mol. The molecule has 17 heteroatoms. The number of likely N-dealkylation sites (tertiary alicyclic amines) is 1. The zero-order valence-electron chi connectivity index (χ0n) is 26.5. The summed E-state index contributed by atoms with van der Waals surface area (Å²) in [6.45, 7) is 2.13. The van der Waals surface area contributed by atoms with Crippen molar-refractivity contribution in [3.63, 3.8) is 0 Å². The number of nitrogens with one attached hydrogen (secondary N) is 1. The average molecular weight is 808 g/mol. The lowest BCUT2D eigenvalue weighted by Crippen LogP contribution is -3.00. The summed E-state index contributed by atoms with van der Waals surface area (Å²) in [7, 11) is 1.53. The Morgan fingerprint density at radius 1 is 1.27 bits per heavy atom. The van der Waals surface area contributed by atoms with Crippen LogP contribution in [0, 0.1) is 23.0 Å². The highest BCUT2D eigenvalue weighted by atomic mass is 127. The van der Waals surface area contributed by atoms with E-state index in [4.69, 9.17) is 14.7 Å². The molecule has 2 aromatic heterocycles. The third kappa shape index (κ3) is 8.26. The Labute approximate surface area is 301 Å². The van der Waals surface area contributed by atoms with E-state index >= 15 is 4.39 Å². The van der Waals surface area contributed by atoms with Crippen LogP contribution in [0.1, 0.15) is 48.7 Å². The van der Waals surface area contributed by atoms with Gasteiger partial charge in [0.2, 0.25) is 19.0 Å². The number of aromatic nitrogens is 4. The Hall–Kier alpha value is -4.38. The Kier molecular flexibility index (Phi) is 12.1. The maximum atomic E-state index is 15.2. The van der Waals surface area contributed by atoms with Crippen molar-refractivity contribution >= 4 is 29.3 Å². The van der Waals surface area contributed by atoms with Gasteiger partial charge in [-0.05, 0) is 43.8 Å². The number of nitrogens with zero attached hydrogens (tertiary/aromatic N) is 6. The molecular formula is C32H32F2IN7O6S. The number of amides is 2. The quantitative estimate of drug-likeness (QED) is 0.0936. The van der Waals surface area contributed by atoms with Gasteiger partial charge >= 0.3 is 12.1 Å². The maximum absolute atomic E-state index is 15.2. The van der Waals surface area contributed by atoms with Gasteiger partial charge < -0.3 is 38.6 Å². The second-order valence-corrected chi connectivity index (χ2v) is 12.1. The number of aliphatic hydroxyl groups is 1. The largest absolute Gasteiger partial charge is 1.00 e. The van der Waals surface area contributed by atoms with Crippen LogP contribution in [0.2, 0.25) is 0 Å². The van der Waals surface area contributed by atoms with Crippen molar-refractivity contribution in [2.45, 2.75) is 63.8 Å². The summed E-state index contributed by atoms with van der Waals surface area (Å²) in [5.41, 5.74) is -0.550. The van der Waals surface area contributed by atoms with Gasteiger partial charge in [0.25, 0.3) is 6.33 Å². The molecule has 0 saturated carbocycles. The lowest BCUT2D eigenvalue weighted by Gasteiger charge is -2.32. The van der Waals surface area contributed by atoms with Crippen LogP contribution in [-0.2, 0) is 37.9 Å². The Balaban J connectivity index is 0.00000541. The second-order valence-electron chi connectivity index (χ2n) is 11.2. The molecule has 2 aromatic carbocycles. The summed E-state index contributed by atoms with van der Waals surface area (Å²) in [6, 6.07) is 10.9. The first-order chi connectivity index (χ1) is 22.9. The zero-order valence-corrected chi connectivity index (χ0v) is 29.5. The van der Waals surface area contributed by atoms with Crippen molar-refractivity contribution < 1.29 is 66.3 Å². The molecule has 13 nitrogen and oxygen atoms in total. The zero-order chi connectivity index (χ0) is 34.6. The molecule has 258 valence electrons. The molecule has 4 aromatic rings. The van der Waals surface area contributed by atoms with Crippen molar-refractivity contribution in [1.82, 2.24) is 25.0 Å². The molecule has 2 N–H and O–H groups in total. The SMILES string of the molecule is CNC(OC(C)=O)[C@@H]1CCC(=O)N1C(=O)OC[n+]1cnn(C[C@](O)(c2cc(F)ccc2F)[C@@H](C)c2nc(-c3ccc(C#N)cc3)cs2)c1.[I-]. The van der Waals surface area contributed by atoms with E-state index in [0.29, 0.717) is 16.3 Å². The van der Waals surface area contributed by atoms with E-state index in [-0.39, 0.29) is 55.7 Å². The number of carbonyl (C=O) groups excluding carboxylic acids is 3. The molecule has 1 fully saturated rings. The van der Waals surface area contributed by atoms with Crippen LogP contribution >= 0.6 is 11.3 Å². The molecule has 1 saturated heterocycles. The van der Waals surface area contributed by atoms with Gasteiger partial charge in [0, 0.05) is 40.9 Å². The fourth-order valence-corrected chi connectivity index (χ4v) is 6.49. The minimum absolute atomic E-state index is 0. The van der Waals surface area contributed by atoms with Crippen LogP contribution < -0.4 is 33.9 Å². The Morgan fingerprint density at radius 3 is 2.67 bits per heavy atom. The summed E-state index contributed by atoms with van der Waals surface area (Å²) >= 11 is 1.23. The van der Waals surface area contributed by atoms with Crippen LogP contribution in [-0.4, -0.2) is 62.1 Å². The topological polar surface area (TPSA) is 164 Å². The average Bonchev–Trinajstić information content (AvgIpc) is 3.83. The molecular weight excluding hydrogens is 775 g/mol. The van der Waals surface area contributed by atoms with Gasteiger partial charge in [-0.2, -0.15) is 5.26 Å². The highest BCUT2D eigenvalue weighted by molar-refractivity contribution is 7.10. The van der Waals surface area contributed by atoms with Crippen molar-refractivity contribution in [1.29, 1.82) is 5.26 Å². The number of carbonyl (C=O) groups is 3. The molecule has 2 amide bonds. The van der Waals surface area contributed by atoms with Crippen LogP contribution in [0.5, 0.6) is 0 Å². The number of rotatable bonds is 11. The van der Waals surface area contributed by atoms with Gasteiger partial charge in [-0.15, -0.1) is 16.0 Å². The molecule has 1 aliphatic rings. The van der Waals surface area contributed by atoms with Crippen molar-refractivity contribution in [3.8, 4) is 17.3 Å². The van der Waals surface area contributed by atoms with E-state index in [1.54, 1.807) is 36.6 Å². The van der Waals surface area contributed by atoms with Crippen molar-refractivity contribution in [2.75, 3.05) is 7.05 Å². The summed E-state index contributed by atoms with van der Waals surface area (Å²) < 4.78 is 42.9. The van der Waals surface area contributed by atoms with E-state index in [0.717, 1.165) is 28.7 Å². The Bertz CT molecular complexity index is 1870. The summed E-state index contributed by atoms with van der Waals surface area (Å²) in [6.07, 6.45) is 1.14. The second kappa shape index (κ2) is 15.9. The predicted octanol–water partition coefficient (Wildman–Crippen LogP) is 0.333. The van der Waals surface area contributed by atoms with Gasteiger partial charge in [0.15, 0.2) is 6.23 Å². The van der Waals surface area contributed by atoms with Gasteiger partial charge in [0.05, 0.1) is 28.4 Å². The molecule has 0 radical (unpaired) electrons. The standard InChI is InChI=1S/C32H32F2N7O6S.HI/c1-19(30-38-26(14-48-30)22-6-4-21(13-35)5-7-22)32(45,24-12-23(33)8-9-25(24)34)15-40-17-39(16-37-40)18-46-31(44)41-27(10-11-28(41)43)29(36-3)47-20(2)42;/h4-9,12,14,16-17,19,27,29,36,45H,10-11,15,18H2,1-3H3;1H/q+1;/p-1/t19-,27-,29?,32+;/m0./s1. The minimum Gasteiger partial charge on any atom is -1.00 e. The lowest BCUT2D eigenvalue weighted by atomic mass is 9.82. The van der Waals surface area contributed by atoms with E-state index in [1.165, 1.54) is 47.2 Å². The third-order valence-electron chi connectivity index (χ3n) is 8.06. The number of nitriles is 1. The monoisotopic (exact) mass is 807 g/mol. The van der Waals surface area contributed by atoms with E-state index in [1.807, 2.05) is 0 Å². The first-order valence-electron chi connectivity index (χ1n) is 14.8. The first-order valence-corrected chi connectivity index (χ1v) is 15.7. The maximum Gasteiger partial charge on any atom is 0.419 e. The Morgan fingerprint density at radius 2 is 2.00 bits per heavy atom. The minimum atomic E-state index is -2.05. The third-order valence-corrected chi connectivity index (χ3v) is 9.09. The van der Waals surface area contributed by atoms with Crippen molar-refractivity contribution in [2.24, 2.45) is 0 Å². The molecule has 5 rings (SSSR count). The van der Waals surface area contributed by atoms with E-state index in [9.17, 15) is 23.9 Å². The number of halogens is 3. The number of esters is 1. The number of thiazole rings is 1. The normalized spacial score (nSPS) is 16.6. The number of benzene rings is 2. The fourth-order valence-electron chi connectivity index (χ4n) is 5.52. The molecule has 1 aliphatic heterocycles. The van der Waals surface area contributed by atoms with Gasteiger partial charge in [-0.25, -0.2) is 28.0 Å². The van der Waals surface area contributed by atoms with Crippen LogP contribution in [0.3, 0.4) is 0 Å². The summed E-state index contributed by atoms with van der Waals surface area (Å²) in [5.74, 6) is -3.52. The van der Waals surface area contributed by atoms with Crippen LogP contribution in [0.4, 0.5) is 13.6 Å². The smallest absolute Gasteiger partial charge is 0.419 e. The number of imide groups is 1. The first kappa shape index (κ1) is 37.4. The highest BCUT2D eigenvalue weighted by Crippen LogP contribution is 2.41. The molecule has 0 spiro atoms. The number of hydrogen-bond acceptors (Lipinski definition) is 11. The van der Waals surface area contributed by atoms with E-state index < -0.39 is 53.4 Å². The number of ether oxygens (including phenoxy) is 2. The molecule has 0 bridgehead atoms. The van der Waals surface area contributed by atoms with Crippen LogP contribution in [0.15, 0.2) is 60.5 Å². The molecule has 0 aliphatic carbocycles. The summed E-state index contributed by atoms with van der Waals surface area (Å²) in [4.78, 5) is 42.5. The number of hydrogen-bond donors (Lipinski definition) is 2. The molecule has 4 atom stereocenters. The molecule has 1 unspecified atom stereocenters. The van der Waals surface area contributed by atoms with Crippen molar-refractivity contribution in [3.05, 3.63) is 88.3 Å². The van der Waals surface area contributed by atoms with Crippen LogP contribution in [0.25, 0.3) is 11.3 Å². The summed E-state index contributed by atoms with van der Waals surface area (Å²) in [5, 5.41) is 30.5. The van der Waals surface area contributed by atoms with Gasteiger partial charge in [-0.1, -0.05) is 19.1 Å². The fraction of sp³-hybridized carbons (Fsp3) is 0.344. The van der Waals surface area contributed by atoms with Gasteiger partial charge in [0.1, 0.15) is 23.8 Å².